The minimum absolute atomic E-state index is 0.0316. The van der Waals surface area contributed by atoms with Crippen LogP contribution in [0.2, 0.25) is 0 Å². The molecule has 0 N–H and O–H groups in total. The second kappa shape index (κ2) is 11.9. The molecule has 1 aliphatic rings. The number of hydrogen-bond acceptors (Lipinski definition) is 6. The molecule has 0 bridgehead atoms. The largest absolute Gasteiger partial charge is 0.484 e. The Labute approximate surface area is 194 Å². The fourth-order valence-electron chi connectivity index (χ4n) is 3.50. The number of hydrogen-bond donors (Lipinski definition) is 0. The molecule has 0 radical (unpaired) electrons. The molecule has 3 rings (SSSR count). The van der Waals surface area contributed by atoms with E-state index in [0.717, 1.165) is 5.75 Å². The van der Waals surface area contributed by atoms with E-state index in [-0.39, 0.29) is 36.9 Å². The molecule has 1 heterocycles. The summed E-state index contributed by atoms with van der Waals surface area (Å²) < 4.78 is 16.3. The average Bonchev–Trinajstić information content (AvgIpc) is 2.84. The molecule has 1 fully saturated rings. The lowest BCUT2D eigenvalue weighted by molar-refractivity contribution is -0.151. The second-order valence-corrected chi connectivity index (χ2v) is 7.83. The number of carbonyl (C=O) groups excluding carboxylic acids is 3. The van der Waals surface area contributed by atoms with Gasteiger partial charge in [0.2, 0.25) is 5.91 Å². The van der Waals surface area contributed by atoms with Crippen LogP contribution in [0.25, 0.3) is 0 Å². The van der Waals surface area contributed by atoms with Crippen molar-refractivity contribution in [1.82, 2.24) is 9.80 Å². The molecular weight excluding hydrogens is 424 g/mol. The molecule has 0 aromatic heterocycles. The second-order valence-electron chi connectivity index (χ2n) is 7.83. The molecule has 0 spiro atoms. The molecule has 176 valence electrons. The van der Waals surface area contributed by atoms with Gasteiger partial charge >= 0.3 is 5.97 Å². The maximum atomic E-state index is 12.5. The number of ether oxygens (including phenoxy) is 3. The summed E-state index contributed by atoms with van der Waals surface area (Å²) in [4.78, 5) is 39.8. The van der Waals surface area contributed by atoms with Crippen LogP contribution in [0.15, 0.2) is 54.6 Å². The number of likely N-dealkylation sites (N-methyl/N-ethyl adjacent to an activating group) is 1. The normalized spacial score (nSPS) is 13.8. The van der Waals surface area contributed by atoms with E-state index in [1.165, 1.54) is 4.90 Å². The smallest absolute Gasteiger partial charge is 0.309 e. The molecule has 2 aromatic rings. The van der Waals surface area contributed by atoms with Gasteiger partial charge in [0.1, 0.15) is 17.2 Å². The van der Waals surface area contributed by atoms with Gasteiger partial charge in [0.15, 0.2) is 6.61 Å². The zero-order valence-electron chi connectivity index (χ0n) is 19.1. The highest BCUT2D eigenvalue weighted by Gasteiger charge is 2.29. The van der Waals surface area contributed by atoms with E-state index in [1.807, 2.05) is 30.3 Å². The topological polar surface area (TPSA) is 85.4 Å². The summed E-state index contributed by atoms with van der Waals surface area (Å²) in [6.07, 6.45) is 1.16. The van der Waals surface area contributed by atoms with Crippen molar-refractivity contribution >= 4 is 17.8 Å². The van der Waals surface area contributed by atoms with Crippen molar-refractivity contribution in [2.45, 2.75) is 19.8 Å². The SMILES string of the molecule is CCOC(=O)C1CCN(C(=O)CN(C)C(=O)COc2ccc(Oc3ccccc3)cc2)CC1. The number of carbonyl (C=O) groups is 3. The zero-order chi connectivity index (χ0) is 23.6. The third kappa shape index (κ3) is 7.24. The molecule has 2 aromatic carbocycles. The third-order valence-corrected chi connectivity index (χ3v) is 5.43. The van der Waals surface area contributed by atoms with Crippen LogP contribution < -0.4 is 9.47 Å². The van der Waals surface area contributed by atoms with Gasteiger partial charge in [0.25, 0.3) is 5.91 Å². The van der Waals surface area contributed by atoms with Crippen molar-refractivity contribution in [2.75, 3.05) is 39.9 Å². The van der Waals surface area contributed by atoms with Gasteiger partial charge in [-0.15, -0.1) is 0 Å². The lowest BCUT2D eigenvalue weighted by atomic mass is 9.97. The minimum Gasteiger partial charge on any atom is -0.484 e. The Morgan fingerprint density at radius 3 is 2.18 bits per heavy atom. The van der Waals surface area contributed by atoms with Gasteiger partial charge in [-0.25, -0.2) is 0 Å². The van der Waals surface area contributed by atoms with Crippen molar-refractivity contribution in [3.8, 4) is 17.2 Å². The van der Waals surface area contributed by atoms with Gasteiger partial charge in [-0.1, -0.05) is 18.2 Å². The zero-order valence-corrected chi connectivity index (χ0v) is 19.1. The Kier molecular flexibility index (Phi) is 8.69. The van der Waals surface area contributed by atoms with E-state index in [2.05, 4.69) is 0 Å². The first kappa shape index (κ1) is 24.1. The van der Waals surface area contributed by atoms with Crippen LogP contribution in [0.1, 0.15) is 19.8 Å². The highest BCUT2D eigenvalue weighted by atomic mass is 16.5. The number of nitrogens with zero attached hydrogens (tertiary/aromatic N) is 2. The number of amides is 2. The van der Waals surface area contributed by atoms with E-state index in [1.54, 1.807) is 43.1 Å². The summed E-state index contributed by atoms with van der Waals surface area (Å²) in [6.45, 7) is 2.90. The lowest BCUT2D eigenvalue weighted by Crippen LogP contribution is -2.46. The minimum atomic E-state index is -0.297. The predicted octanol–water partition coefficient (Wildman–Crippen LogP) is 3.12. The maximum absolute atomic E-state index is 12.5. The summed E-state index contributed by atoms with van der Waals surface area (Å²) in [6, 6.07) is 16.4. The van der Waals surface area contributed by atoms with Gasteiger partial charge in [-0.2, -0.15) is 0 Å². The summed E-state index contributed by atoms with van der Waals surface area (Å²) in [7, 11) is 1.58. The maximum Gasteiger partial charge on any atom is 0.309 e. The van der Waals surface area contributed by atoms with Crippen LogP contribution in [0, 0.1) is 5.92 Å². The number of piperidine rings is 1. The molecule has 1 saturated heterocycles. The predicted molar refractivity (Wildman–Crippen MR) is 122 cm³/mol. The Morgan fingerprint density at radius 2 is 1.55 bits per heavy atom. The fraction of sp³-hybridized carbons (Fsp3) is 0.400. The molecule has 0 unspecified atom stereocenters. The Bertz CT molecular complexity index is 924. The van der Waals surface area contributed by atoms with Gasteiger partial charge in [0.05, 0.1) is 19.1 Å². The van der Waals surface area contributed by atoms with Crippen LogP contribution in [0.3, 0.4) is 0 Å². The van der Waals surface area contributed by atoms with Gasteiger partial charge < -0.3 is 24.0 Å². The molecule has 0 saturated carbocycles. The third-order valence-electron chi connectivity index (χ3n) is 5.43. The Hall–Kier alpha value is -3.55. The van der Waals surface area contributed by atoms with E-state index in [9.17, 15) is 14.4 Å². The van der Waals surface area contributed by atoms with Crippen molar-refractivity contribution in [1.29, 1.82) is 0 Å². The van der Waals surface area contributed by atoms with Gasteiger partial charge in [-0.3, -0.25) is 14.4 Å². The number of benzene rings is 2. The first-order valence-corrected chi connectivity index (χ1v) is 11.1. The number of para-hydroxylation sites is 1. The van der Waals surface area contributed by atoms with E-state index in [0.29, 0.717) is 44.0 Å². The monoisotopic (exact) mass is 454 g/mol. The molecule has 8 heteroatoms. The van der Waals surface area contributed by atoms with Crippen molar-refractivity contribution in [3.63, 3.8) is 0 Å². The van der Waals surface area contributed by atoms with Crippen LogP contribution >= 0.6 is 0 Å². The lowest BCUT2D eigenvalue weighted by Gasteiger charge is -2.32. The van der Waals surface area contributed by atoms with Gasteiger partial charge in [0, 0.05) is 20.1 Å². The summed E-state index contributed by atoms with van der Waals surface area (Å²) in [5, 5.41) is 0. The van der Waals surface area contributed by atoms with Crippen molar-refractivity contribution in [3.05, 3.63) is 54.6 Å². The number of rotatable bonds is 9. The molecule has 2 amide bonds. The molecule has 0 aliphatic carbocycles. The van der Waals surface area contributed by atoms with Crippen LogP contribution in [-0.2, 0) is 19.1 Å². The number of esters is 1. The van der Waals surface area contributed by atoms with Crippen molar-refractivity contribution < 1.29 is 28.6 Å². The summed E-state index contributed by atoms with van der Waals surface area (Å²) in [5.41, 5.74) is 0. The van der Waals surface area contributed by atoms with E-state index < -0.39 is 0 Å². The highest BCUT2D eigenvalue weighted by Crippen LogP contribution is 2.23. The quantitative estimate of drug-likeness (QED) is 0.541. The van der Waals surface area contributed by atoms with Crippen LogP contribution in [0.5, 0.6) is 17.2 Å². The van der Waals surface area contributed by atoms with Gasteiger partial charge in [-0.05, 0) is 56.2 Å². The Morgan fingerprint density at radius 1 is 0.939 bits per heavy atom. The standard InChI is InChI=1S/C25H30N2O6/c1-3-31-25(30)19-13-15-27(16-14-19)23(28)17-26(2)24(29)18-32-20-9-11-22(12-10-20)33-21-7-5-4-6-8-21/h4-12,19H,3,13-18H2,1-2H3. The number of likely N-dealkylation sites (tertiary alicyclic amines) is 1. The van der Waals surface area contributed by atoms with E-state index in [4.69, 9.17) is 14.2 Å². The first-order chi connectivity index (χ1) is 16.0. The molecule has 1 aliphatic heterocycles. The molecular formula is C25H30N2O6. The van der Waals surface area contributed by atoms with E-state index >= 15 is 0 Å². The highest BCUT2D eigenvalue weighted by molar-refractivity contribution is 5.85. The average molecular weight is 455 g/mol. The van der Waals surface area contributed by atoms with Crippen molar-refractivity contribution in [2.24, 2.45) is 5.92 Å². The van der Waals surface area contributed by atoms with Crippen LogP contribution in [0.4, 0.5) is 0 Å². The summed E-state index contributed by atoms with van der Waals surface area (Å²) >= 11 is 0. The molecule has 0 atom stereocenters. The Balaban J connectivity index is 1.39. The fourth-order valence-corrected chi connectivity index (χ4v) is 3.50. The first-order valence-electron chi connectivity index (χ1n) is 11.1. The molecule has 8 nitrogen and oxygen atoms in total. The summed E-state index contributed by atoms with van der Waals surface area (Å²) in [5.74, 6) is 1.13. The van der Waals surface area contributed by atoms with Crippen LogP contribution in [-0.4, -0.2) is 67.5 Å². The molecule has 33 heavy (non-hydrogen) atoms.